The van der Waals surface area contributed by atoms with Gasteiger partial charge in [-0.15, -0.1) is 0 Å². The van der Waals surface area contributed by atoms with E-state index in [2.05, 4.69) is 20.8 Å². The summed E-state index contributed by atoms with van der Waals surface area (Å²) < 4.78 is 57.9. The Morgan fingerprint density at radius 2 is 1.08 bits per heavy atom. The van der Waals surface area contributed by atoms with Crippen LogP contribution < -0.4 is 30.9 Å². The van der Waals surface area contributed by atoms with E-state index < -0.39 is 26.0 Å². The third-order valence-electron chi connectivity index (χ3n) is 12.3. The van der Waals surface area contributed by atoms with Crippen molar-refractivity contribution in [1.29, 1.82) is 0 Å². The number of nitrogens with zero attached hydrogens (tertiary/aromatic N) is 4. The van der Waals surface area contributed by atoms with Crippen molar-refractivity contribution < 1.29 is 44.8 Å². The lowest BCUT2D eigenvalue weighted by molar-refractivity contribution is -0.115. The summed E-state index contributed by atoms with van der Waals surface area (Å²) in [5, 5.41) is 27.7. The smallest absolute Gasteiger partial charge is 0.280 e. The largest absolute Gasteiger partial charge is 0.457 e. The molecule has 1 saturated carbocycles. The fourth-order valence-electron chi connectivity index (χ4n) is 8.01. The summed E-state index contributed by atoms with van der Waals surface area (Å²) in [7, 11) is -7.70. The standard InChI is InChI=1S/C29H23ClN4O5S.C26H23ClN4O5S.CH4/c1-17-4-3-5-20(14-17)32-28(35)25-15-19(6-12-26(25)30)27-13-9-22(39-27)16-24-18(2)33-34(29(24)36)21-7-10-23(11-8-21)40(31,37)38;1-15-21(26(33)31(30-15)18-5-8-20(9-6-18)37(28,34)35)13-19-7-11-24(36-19)17-4-10-23(27)22(12-17)25(32)29-14-16-2-3-16;/h3-16H,1-2H3,(H,32,35)(H2,31,37,38);4-13,16H,2-3,14H2,1H3,(H,29,32)(H2,28,34,35);1H4/b24-16-;21-13-;. The molecule has 0 radical (unpaired) electrons. The van der Waals surface area contributed by atoms with Gasteiger partial charge in [0, 0.05) is 23.4 Å². The molecule has 2 aromatic heterocycles. The Labute approximate surface area is 459 Å². The Morgan fingerprint density at radius 1 is 0.628 bits per heavy atom. The maximum atomic E-state index is 13.1. The molecule has 0 saturated heterocycles. The van der Waals surface area contributed by atoms with E-state index in [1.807, 2.05) is 25.1 Å². The molecule has 400 valence electrons. The molecule has 4 heterocycles. The number of hydrogen-bond acceptors (Lipinski definition) is 12. The molecule has 1 fully saturated rings. The molecular weight excluding hydrogens is 1080 g/mol. The van der Waals surface area contributed by atoms with E-state index in [1.54, 1.807) is 92.7 Å². The van der Waals surface area contributed by atoms with Gasteiger partial charge in [0.2, 0.25) is 20.0 Å². The minimum Gasteiger partial charge on any atom is -0.457 e. The second-order valence-corrected chi connectivity index (χ2v) is 22.0. The molecule has 7 aromatic rings. The van der Waals surface area contributed by atoms with Crippen LogP contribution in [0.25, 0.3) is 34.8 Å². The monoisotopic (exact) mass is 1130 g/mol. The number of aryl methyl sites for hydroxylation is 1. The van der Waals surface area contributed by atoms with Crippen molar-refractivity contribution in [2.75, 3.05) is 21.9 Å². The molecule has 2 aliphatic heterocycles. The average Bonchev–Trinajstić information content (AvgIpc) is 3.65. The van der Waals surface area contributed by atoms with Gasteiger partial charge in [0.05, 0.1) is 64.9 Å². The number of carbonyl (C=O) groups is 4. The molecule has 78 heavy (non-hydrogen) atoms. The first-order chi connectivity index (χ1) is 36.6. The normalized spacial score (nSPS) is 15.4. The number of hydrogen-bond donors (Lipinski definition) is 4. The SMILES string of the molecule is C.CC1=NN(c2ccc(S(N)(=O)=O)cc2)C(=O)/C1=C\c1ccc(-c2ccc(Cl)c(C(=O)NCC3CC3)c2)o1.CC1=NN(c2ccc(S(N)(=O)=O)cc2)C(=O)/C1=C\c1ccc(-c2ccc(Cl)c(C(=O)Nc3cccc(C)c3)c2)o1. The quantitative estimate of drug-likeness (QED) is 0.0793. The number of rotatable bonds is 13. The van der Waals surface area contributed by atoms with Crippen LogP contribution in [0.5, 0.6) is 0 Å². The fraction of sp³-hybridized carbons (Fsp3) is 0.143. The summed E-state index contributed by atoms with van der Waals surface area (Å²) >= 11 is 12.6. The molecule has 10 rings (SSSR count). The Hall–Kier alpha value is -8.24. The number of carbonyl (C=O) groups excluding carboxylic acids is 4. The highest BCUT2D eigenvalue weighted by atomic mass is 35.5. The topological polar surface area (TPSA) is 270 Å². The lowest BCUT2D eigenvalue weighted by Gasteiger charge is -2.12. The summed E-state index contributed by atoms with van der Waals surface area (Å²) in [6.45, 7) is 5.95. The van der Waals surface area contributed by atoms with E-state index in [0.717, 1.165) is 18.4 Å². The van der Waals surface area contributed by atoms with E-state index in [4.69, 9.17) is 42.3 Å². The molecule has 22 heteroatoms. The number of halogens is 2. The van der Waals surface area contributed by atoms with Gasteiger partial charge < -0.3 is 19.5 Å². The number of amides is 4. The van der Waals surface area contributed by atoms with Crippen molar-refractivity contribution in [1.82, 2.24) is 5.32 Å². The zero-order valence-corrected chi connectivity index (χ0v) is 44.3. The molecule has 1 aliphatic carbocycles. The van der Waals surface area contributed by atoms with Crippen LogP contribution in [0.2, 0.25) is 10.0 Å². The maximum absolute atomic E-state index is 13.1. The lowest BCUT2D eigenvalue weighted by Crippen LogP contribution is -2.25. The van der Waals surface area contributed by atoms with Crippen LogP contribution in [0.4, 0.5) is 17.1 Å². The van der Waals surface area contributed by atoms with Crippen LogP contribution in [0, 0.1) is 12.8 Å². The Balaban J connectivity index is 0.000000204. The minimum absolute atomic E-state index is 0. The van der Waals surface area contributed by atoms with E-state index in [9.17, 15) is 36.0 Å². The van der Waals surface area contributed by atoms with Crippen LogP contribution in [0.1, 0.15) is 71.9 Å². The Morgan fingerprint density at radius 3 is 1.50 bits per heavy atom. The highest BCUT2D eigenvalue weighted by molar-refractivity contribution is 7.89. The van der Waals surface area contributed by atoms with Gasteiger partial charge in [-0.3, -0.25) is 19.2 Å². The summed E-state index contributed by atoms with van der Waals surface area (Å²) in [5.74, 6) is 0.989. The maximum Gasteiger partial charge on any atom is 0.280 e. The van der Waals surface area contributed by atoms with Crippen molar-refractivity contribution in [2.45, 2.75) is 50.8 Å². The third-order valence-corrected chi connectivity index (χ3v) is 14.8. The van der Waals surface area contributed by atoms with Gasteiger partial charge in [-0.1, -0.05) is 42.8 Å². The molecule has 5 aromatic carbocycles. The van der Waals surface area contributed by atoms with Gasteiger partial charge in [0.1, 0.15) is 23.0 Å². The zero-order valence-electron chi connectivity index (χ0n) is 41.2. The molecule has 0 unspecified atom stereocenters. The molecule has 3 aliphatic rings. The van der Waals surface area contributed by atoms with Crippen molar-refractivity contribution in [3.8, 4) is 22.6 Å². The Bertz CT molecular complexity index is 3900. The molecule has 0 atom stereocenters. The predicted octanol–water partition coefficient (Wildman–Crippen LogP) is 10.4. The molecule has 6 N–H and O–H groups in total. The summed E-state index contributed by atoms with van der Waals surface area (Å²) in [5.41, 5.74) is 5.98. The van der Waals surface area contributed by atoms with E-state index in [0.29, 0.717) is 102 Å². The van der Waals surface area contributed by atoms with Gasteiger partial charge in [0.25, 0.3) is 23.6 Å². The van der Waals surface area contributed by atoms with Crippen LogP contribution in [0.3, 0.4) is 0 Å². The van der Waals surface area contributed by atoms with Gasteiger partial charge in [-0.2, -0.15) is 20.2 Å². The first-order valence-corrected chi connectivity index (χ1v) is 27.4. The number of hydrazone groups is 2. The second kappa shape index (κ2) is 22.8. The molecular formula is C56H50Cl2N8O10S2. The van der Waals surface area contributed by atoms with Crippen LogP contribution in [-0.2, 0) is 29.6 Å². The van der Waals surface area contributed by atoms with E-state index >= 15 is 0 Å². The van der Waals surface area contributed by atoms with Crippen LogP contribution >= 0.6 is 23.2 Å². The summed E-state index contributed by atoms with van der Waals surface area (Å²) in [6.07, 6.45) is 5.43. The highest BCUT2D eigenvalue weighted by Gasteiger charge is 2.31. The first kappa shape index (κ1) is 56.0. The van der Waals surface area contributed by atoms with Crippen molar-refractivity contribution in [3.05, 3.63) is 183 Å². The molecule has 4 amide bonds. The van der Waals surface area contributed by atoms with E-state index in [1.165, 1.54) is 58.5 Å². The molecule has 0 bridgehead atoms. The van der Waals surface area contributed by atoms with E-state index in [-0.39, 0.29) is 40.5 Å². The predicted molar refractivity (Wildman–Crippen MR) is 302 cm³/mol. The zero-order chi connectivity index (χ0) is 54.9. The van der Waals surface area contributed by atoms with Gasteiger partial charge in [-0.05, 0) is 179 Å². The second-order valence-electron chi connectivity index (χ2n) is 18.1. The minimum atomic E-state index is -3.86. The number of nitrogens with two attached hydrogens (primary N) is 2. The summed E-state index contributed by atoms with van der Waals surface area (Å²) in [4.78, 5) is 51.5. The van der Waals surface area contributed by atoms with Gasteiger partial charge in [0.15, 0.2) is 0 Å². The highest BCUT2D eigenvalue weighted by Crippen LogP contribution is 2.33. The first-order valence-electron chi connectivity index (χ1n) is 23.5. The fourth-order valence-corrected chi connectivity index (χ4v) is 9.45. The number of primary sulfonamides is 2. The number of benzene rings is 5. The van der Waals surface area contributed by atoms with Crippen molar-refractivity contribution in [2.24, 2.45) is 26.4 Å². The average molecular weight is 1130 g/mol. The number of anilines is 3. The number of nitrogens with one attached hydrogen (secondary N) is 2. The third kappa shape index (κ3) is 12.8. The van der Waals surface area contributed by atoms with Gasteiger partial charge >= 0.3 is 0 Å². The van der Waals surface area contributed by atoms with Crippen LogP contribution in [0.15, 0.2) is 173 Å². The molecule has 18 nitrogen and oxygen atoms in total. The number of sulfonamides is 2. The Kier molecular flexibility index (Phi) is 16.3. The molecule has 0 spiro atoms. The summed E-state index contributed by atoms with van der Waals surface area (Å²) in [6, 6.07) is 35.5. The number of furan rings is 2. The van der Waals surface area contributed by atoms with Crippen molar-refractivity contribution in [3.63, 3.8) is 0 Å². The van der Waals surface area contributed by atoms with Crippen molar-refractivity contribution >= 4 is 108 Å². The van der Waals surface area contributed by atoms with Gasteiger partial charge in [-0.25, -0.2) is 27.1 Å². The lowest BCUT2D eigenvalue weighted by atomic mass is 10.1. The van der Waals surface area contributed by atoms with Crippen LogP contribution in [-0.4, -0.2) is 58.4 Å².